The topological polar surface area (TPSA) is 46.5 Å². The zero-order valence-electron chi connectivity index (χ0n) is 15.6. The van der Waals surface area contributed by atoms with E-state index < -0.39 is 6.10 Å². The molecule has 0 saturated heterocycles. The Labute approximate surface area is 148 Å². The van der Waals surface area contributed by atoms with Crippen LogP contribution >= 0.6 is 0 Å². The van der Waals surface area contributed by atoms with Crippen LogP contribution in [-0.4, -0.2) is 23.8 Å². The molecule has 0 spiro atoms. The molecule has 0 aromatic carbocycles. The lowest BCUT2D eigenvalue weighted by Crippen LogP contribution is -2.14. The van der Waals surface area contributed by atoms with Crippen LogP contribution in [0.25, 0.3) is 0 Å². The molecule has 0 aromatic heterocycles. The van der Waals surface area contributed by atoms with Crippen LogP contribution in [0, 0.1) is 0 Å². The molecular formula is C21H36O3. The van der Waals surface area contributed by atoms with Crippen molar-refractivity contribution in [1.82, 2.24) is 0 Å². The predicted molar refractivity (Wildman–Crippen MR) is 102 cm³/mol. The molecule has 24 heavy (non-hydrogen) atoms. The summed E-state index contributed by atoms with van der Waals surface area (Å²) < 4.78 is 4.90. The molecule has 0 bridgehead atoms. The molecule has 0 aliphatic rings. The van der Waals surface area contributed by atoms with Gasteiger partial charge in [0.25, 0.3) is 0 Å². The van der Waals surface area contributed by atoms with Gasteiger partial charge in [0.15, 0.2) is 0 Å². The third-order valence-corrected chi connectivity index (χ3v) is 3.51. The zero-order chi connectivity index (χ0) is 17.9. The van der Waals surface area contributed by atoms with Crippen LogP contribution in [0.2, 0.25) is 0 Å². The molecule has 1 N–H and O–H groups in total. The van der Waals surface area contributed by atoms with Crippen molar-refractivity contribution >= 4 is 5.97 Å². The van der Waals surface area contributed by atoms with E-state index in [0.717, 1.165) is 32.1 Å². The first-order chi connectivity index (χ1) is 11.7. The number of carbonyl (C=O) groups is 1. The minimum absolute atomic E-state index is 0.0962. The second-order valence-electron chi connectivity index (χ2n) is 6.16. The average Bonchev–Trinajstić information content (AvgIpc) is 2.56. The van der Waals surface area contributed by atoms with Gasteiger partial charge in [-0.1, -0.05) is 56.2 Å². The SMILES string of the molecule is CCCCC/C=C\C/C=C\C/C=C\CCCCC(=O)OCC(C)O. The molecule has 0 aliphatic heterocycles. The van der Waals surface area contributed by atoms with Crippen LogP contribution in [0.1, 0.15) is 78.1 Å². The second-order valence-corrected chi connectivity index (χ2v) is 6.16. The summed E-state index contributed by atoms with van der Waals surface area (Å²) in [5, 5.41) is 9.01. The van der Waals surface area contributed by atoms with Crippen LogP contribution in [0.5, 0.6) is 0 Å². The van der Waals surface area contributed by atoms with Crippen molar-refractivity contribution in [3.8, 4) is 0 Å². The van der Waals surface area contributed by atoms with E-state index in [1.165, 1.54) is 25.7 Å². The van der Waals surface area contributed by atoms with Crippen molar-refractivity contribution in [2.24, 2.45) is 0 Å². The highest BCUT2D eigenvalue weighted by Crippen LogP contribution is 2.04. The Morgan fingerprint density at radius 2 is 1.46 bits per heavy atom. The number of hydrogen-bond acceptors (Lipinski definition) is 3. The maximum absolute atomic E-state index is 11.3. The van der Waals surface area contributed by atoms with E-state index in [-0.39, 0.29) is 12.6 Å². The van der Waals surface area contributed by atoms with E-state index in [4.69, 9.17) is 9.84 Å². The summed E-state index contributed by atoms with van der Waals surface area (Å²) in [5.41, 5.74) is 0. The number of unbranched alkanes of at least 4 members (excludes halogenated alkanes) is 5. The van der Waals surface area contributed by atoms with Crippen molar-refractivity contribution in [2.75, 3.05) is 6.61 Å². The van der Waals surface area contributed by atoms with Gasteiger partial charge in [0.2, 0.25) is 0 Å². The summed E-state index contributed by atoms with van der Waals surface area (Å²) in [4.78, 5) is 11.3. The highest BCUT2D eigenvalue weighted by atomic mass is 16.5. The van der Waals surface area contributed by atoms with Crippen molar-refractivity contribution in [3.63, 3.8) is 0 Å². The molecule has 3 nitrogen and oxygen atoms in total. The monoisotopic (exact) mass is 336 g/mol. The van der Waals surface area contributed by atoms with Crippen molar-refractivity contribution in [3.05, 3.63) is 36.5 Å². The van der Waals surface area contributed by atoms with E-state index in [9.17, 15) is 4.79 Å². The molecule has 0 radical (unpaired) electrons. The molecule has 0 aromatic rings. The highest BCUT2D eigenvalue weighted by molar-refractivity contribution is 5.69. The largest absolute Gasteiger partial charge is 0.463 e. The van der Waals surface area contributed by atoms with Gasteiger partial charge in [0, 0.05) is 6.42 Å². The van der Waals surface area contributed by atoms with Gasteiger partial charge in [-0.25, -0.2) is 0 Å². The van der Waals surface area contributed by atoms with Crippen LogP contribution in [0.4, 0.5) is 0 Å². The molecule has 1 unspecified atom stereocenters. The fraction of sp³-hybridized carbons (Fsp3) is 0.667. The molecule has 0 saturated carbocycles. The molecule has 0 amide bonds. The molecule has 0 heterocycles. The molecular weight excluding hydrogens is 300 g/mol. The molecule has 3 heteroatoms. The molecule has 0 rings (SSSR count). The maximum atomic E-state index is 11.3. The Kier molecular flexibility index (Phi) is 17.0. The smallest absolute Gasteiger partial charge is 0.305 e. The Hall–Kier alpha value is -1.35. The first-order valence-electron chi connectivity index (χ1n) is 9.45. The summed E-state index contributed by atoms with van der Waals surface area (Å²) in [6, 6.07) is 0. The number of esters is 1. The Morgan fingerprint density at radius 1 is 0.917 bits per heavy atom. The van der Waals surface area contributed by atoms with Gasteiger partial charge in [-0.3, -0.25) is 4.79 Å². The van der Waals surface area contributed by atoms with Gasteiger partial charge in [-0.15, -0.1) is 0 Å². The van der Waals surface area contributed by atoms with Crippen molar-refractivity contribution in [1.29, 1.82) is 0 Å². The number of hydrogen-bond donors (Lipinski definition) is 1. The van der Waals surface area contributed by atoms with Gasteiger partial charge < -0.3 is 9.84 Å². The fourth-order valence-electron chi connectivity index (χ4n) is 2.11. The number of aliphatic hydroxyl groups is 1. The van der Waals surface area contributed by atoms with Crippen LogP contribution in [-0.2, 0) is 9.53 Å². The standard InChI is InChI=1S/C21H36O3/c1-3-4-5-6-7-8-9-10-11-12-13-14-15-16-17-18-21(23)24-19-20(2)22/h7-8,10-11,13-14,20,22H,3-6,9,12,15-19H2,1-2H3/b8-7-,11-10-,14-13-. The second kappa shape index (κ2) is 18.0. The quantitative estimate of drug-likeness (QED) is 0.244. The number of aliphatic hydroxyl groups excluding tert-OH is 1. The Morgan fingerprint density at radius 3 is 2.00 bits per heavy atom. The first-order valence-corrected chi connectivity index (χ1v) is 9.45. The van der Waals surface area contributed by atoms with E-state index in [1.54, 1.807) is 6.92 Å². The van der Waals surface area contributed by atoms with Gasteiger partial charge >= 0.3 is 5.97 Å². The number of ether oxygens (including phenoxy) is 1. The summed E-state index contributed by atoms with van der Waals surface area (Å²) in [6.45, 7) is 3.93. The van der Waals surface area contributed by atoms with Crippen LogP contribution in [0.3, 0.4) is 0 Å². The van der Waals surface area contributed by atoms with Gasteiger partial charge in [0.05, 0.1) is 6.10 Å². The minimum atomic E-state index is -0.582. The lowest BCUT2D eigenvalue weighted by atomic mass is 10.1. The first kappa shape index (κ1) is 22.6. The average molecular weight is 337 g/mol. The maximum Gasteiger partial charge on any atom is 0.305 e. The normalized spacial score (nSPS) is 13.3. The third-order valence-electron chi connectivity index (χ3n) is 3.51. The molecule has 0 aliphatic carbocycles. The van der Waals surface area contributed by atoms with Crippen molar-refractivity contribution in [2.45, 2.75) is 84.2 Å². The van der Waals surface area contributed by atoms with E-state index in [0.29, 0.717) is 6.42 Å². The van der Waals surface area contributed by atoms with Gasteiger partial charge in [-0.05, 0) is 51.9 Å². The Bertz CT molecular complexity index is 367. The predicted octanol–water partition coefficient (Wildman–Crippen LogP) is 5.50. The van der Waals surface area contributed by atoms with E-state index in [1.807, 2.05) is 0 Å². The summed E-state index contributed by atoms with van der Waals surface area (Å²) in [6.07, 6.45) is 23.1. The summed E-state index contributed by atoms with van der Waals surface area (Å²) >= 11 is 0. The molecule has 0 fully saturated rings. The molecule has 1 atom stereocenters. The van der Waals surface area contributed by atoms with Gasteiger partial charge in [-0.2, -0.15) is 0 Å². The molecule has 138 valence electrons. The van der Waals surface area contributed by atoms with Gasteiger partial charge in [0.1, 0.15) is 6.61 Å². The minimum Gasteiger partial charge on any atom is -0.463 e. The number of allylic oxidation sites excluding steroid dienone is 6. The number of rotatable bonds is 15. The lowest BCUT2D eigenvalue weighted by molar-refractivity contribution is -0.146. The van der Waals surface area contributed by atoms with E-state index in [2.05, 4.69) is 43.4 Å². The summed E-state index contributed by atoms with van der Waals surface area (Å²) in [5.74, 6) is -0.217. The number of carbonyl (C=O) groups excluding carboxylic acids is 1. The van der Waals surface area contributed by atoms with Crippen molar-refractivity contribution < 1.29 is 14.6 Å². The van der Waals surface area contributed by atoms with E-state index >= 15 is 0 Å². The highest BCUT2D eigenvalue weighted by Gasteiger charge is 2.03. The zero-order valence-corrected chi connectivity index (χ0v) is 15.6. The Balaban J connectivity index is 3.40. The van der Waals surface area contributed by atoms with Crippen LogP contribution in [0.15, 0.2) is 36.5 Å². The lowest BCUT2D eigenvalue weighted by Gasteiger charge is -2.05. The van der Waals surface area contributed by atoms with Crippen LogP contribution < -0.4 is 0 Å². The fourth-order valence-corrected chi connectivity index (χ4v) is 2.11. The summed E-state index contributed by atoms with van der Waals surface area (Å²) in [7, 11) is 0. The third kappa shape index (κ3) is 18.7.